The third kappa shape index (κ3) is 4.01. The molecule has 1 amide bonds. The molecule has 2 atom stereocenters. The first kappa shape index (κ1) is 20.7. The zero-order valence-electron chi connectivity index (χ0n) is 17.2. The topological polar surface area (TPSA) is 51.1 Å². The summed E-state index contributed by atoms with van der Waals surface area (Å²) in [6.07, 6.45) is 5.82. The molecule has 0 radical (unpaired) electrons. The van der Waals surface area contributed by atoms with E-state index in [0.29, 0.717) is 18.0 Å². The molecule has 0 saturated heterocycles. The summed E-state index contributed by atoms with van der Waals surface area (Å²) in [5.41, 5.74) is 4.16. The number of nitrogens with zero attached hydrogens (tertiary/aromatic N) is 2. The molecule has 0 spiro atoms. The van der Waals surface area contributed by atoms with Crippen molar-refractivity contribution in [3.05, 3.63) is 71.3 Å². The number of hydrazone groups is 1. The Balaban J connectivity index is 1.71. The Kier molecular flexibility index (Phi) is 6.23. The predicted octanol–water partition coefficient (Wildman–Crippen LogP) is 4.93. The molecule has 156 valence electrons. The Hall–Kier alpha value is -2.60. The third-order valence-electron chi connectivity index (χ3n) is 5.77. The maximum absolute atomic E-state index is 13.2. The highest BCUT2D eigenvalue weighted by atomic mass is 79.9. The largest absolute Gasteiger partial charge is 0.493 e. The van der Waals surface area contributed by atoms with Gasteiger partial charge in [0.05, 0.1) is 32.4 Å². The second-order valence-electron chi connectivity index (χ2n) is 7.56. The number of allylic oxidation sites excluding steroid dienone is 2. The molecule has 0 aromatic heterocycles. The number of amides is 1. The van der Waals surface area contributed by atoms with Gasteiger partial charge in [-0.05, 0) is 42.2 Å². The van der Waals surface area contributed by atoms with E-state index in [1.54, 1.807) is 19.2 Å². The van der Waals surface area contributed by atoms with Crippen LogP contribution in [-0.2, 0) is 16.7 Å². The highest BCUT2D eigenvalue weighted by Crippen LogP contribution is 2.37. The number of hydrogen-bond acceptors (Lipinski definition) is 4. The van der Waals surface area contributed by atoms with Gasteiger partial charge in [0, 0.05) is 16.8 Å². The van der Waals surface area contributed by atoms with Gasteiger partial charge in [-0.2, -0.15) is 5.10 Å². The third-order valence-corrected chi connectivity index (χ3v) is 6.42. The van der Waals surface area contributed by atoms with Crippen LogP contribution in [0.25, 0.3) is 0 Å². The summed E-state index contributed by atoms with van der Waals surface area (Å²) < 4.78 is 10.9. The molecule has 4 rings (SSSR count). The maximum Gasteiger partial charge on any atom is 0.247 e. The fraction of sp³-hybridized carbons (Fsp3) is 0.333. The molecule has 2 aromatic rings. The lowest BCUT2D eigenvalue weighted by molar-refractivity contribution is -0.138. The highest BCUT2D eigenvalue weighted by molar-refractivity contribution is 9.08. The van der Waals surface area contributed by atoms with E-state index in [9.17, 15) is 4.79 Å². The van der Waals surface area contributed by atoms with Crippen LogP contribution in [0.1, 0.15) is 29.5 Å². The first-order chi connectivity index (χ1) is 14.6. The van der Waals surface area contributed by atoms with Gasteiger partial charge in [0.25, 0.3) is 0 Å². The van der Waals surface area contributed by atoms with E-state index in [-0.39, 0.29) is 17.7 Å². The molecule has 0 N–H and O–H groups in total. The number of alkyl halides is 1. The van der Waals surface area contributed by atoms with E-state index in [1.165, 1.54) is 5.56 Å². The minimum atomic E-state index is -0.0857. The van der Waals surface area contributed by atoms with Gasteiger partial charge in [0.1, 0.15) is 0 Å². The van der Waals surface area contributed by atoms with Gasteiger partial charge in [-0.15, -0.1) is 0 Å². The smallest absolute Gasteiger partial charge is 0.247 e. The number of benzene rings is 2. The number of fused-ring (bicyclic) bond motifs is 1. The summed E-state index contributed by atoms with van der Waals surface area (Å²) in [6.45, 7) is 0.463. The molecule has 5 nitrogen and oxygen atoms in total. The molecule has 1 aliphatic carbocycles. The number of ether oxygens (including phenoxy) is 2. The lowest BCUT2D eigenvalue weighted by atomic mass is 9.76. The number of halogens is 1. The van der Waals surface area contributed by atoms with Crippen molar-refractivity contribution in [1.82, 2.24) is 5.01 Å². The van der Waals surface area contributed by atoms with Crippen molar-refractivity contribution < 1.29 is 14.3 Å². The van der Waals surface area contributed by atoms with Crippen LogP contribution in [0.4, 0.5) is 0 Å². The molecule has 0 fully saturated rings. The standard InChI is InChI=1S/C24H25BrN2O3/c1-29-21-12-11-18(13-22(21)30-2)23-19-5-3-4-6-20(19)24(28)27(26-23)15-17-9-7-16(14-25)8-10-17/h3-4,7-13,19-20H,5-6,14-15H2,1-2H3. The van der Waals surface area contributed by atoms with Gasteiger partial charge in [-0.25, -0.2) is 5.01 Å². The van der Waals surface area contributed by atoms with Crippen molar-refractivity contribution in [2.24, 2.45) is 16.9 Å². The molecule has 0 saturated carbocycles. The molecule has 6 heteroatoms. The first-order valence-electron chi connectivity index (χ1n) is 10.1. The van der Waals surface area contributed by atoms with E-state index in [2.05, 4.69) is 52.3 Å². The zero-order valence-corrected chi connectivity index (χ0v) is 18.8. The maximum atomic E-state index is 13.2. The van der Waals surface area contributed by atoms with E-state index < -0.39 is 0 Å². The number of carbonyl (C=O) groups excluding carboxylic acids is 1. The molecule has 30 heavy (non-hydrogen) atoms. The van der Waals surface area contributed by atoms with Crippen LogP contribution in [0.15, 0.2) is 59.7 Å². The van der Waals surface area contributed by atoms with Crippen LogP contribution in [0.3, 0.4) is 0 Å². The summed E-state index contributed by atoms with van der Waals surface area (Å²) in [5.74, 6) is 1.43. The second kappa shape index (κ2) is 9.04. The van der Waals surface area contributed by atoms with Crippen LogP contribution >= 0.6 is 15.9 Å². The molecule has 2 unspecified atom stereocenters. The first-order valence-corrected chi connectivity index (χ1v) is 11.2. The van der Waals surface area contributed by atoms with Crippen molar-refractivity contribution in [2.45, 2.75) is 24.7 Å². The average molecular weight is 469 g/mol. The van der Waals surface area contributed by atoms with Crippen molar-refractivity contribution in [3.63, 3.8) is 0 Å². The predicted molar refractivity (Wildman–Crippen MR) is 121 cm³/mol. The highest BCUT2D eigenvalue weighted by Gasteiger charge is 2.40. The molecule has 1 aliphatic heterocycles. The normalized spacial score (nSPS) is 20.6. The van der Waals surface area contributed by atoms with Gasteiger partial charge in [0.2, 0.25) is 5.91 Å². The lowest BCUT2D eigenvalue weighted by Gasteiger charge is -2.37. The molecule has 0 bridgehead atoms. The van der Waals surface area contributed by atoms with Crippen molar-refractivity contribution >= 4 is 27.5 Å². The van der Waals surface area contributed by atoms with E-state index >= 15 is 0 Å². The van der Waals surface area contributed by atoms with Crippen LogP contribution in [-0.4, -0.2) is 30.8 Å². The van der Waals surface area contributed by atoms with Gasteiger partial charge in [-0.3, -0.25) is 4.79 Å². The summed E-state index contributed by atoms with van der Waals surface area (Å²) in [4.78, 5) is 13.2. The molecule has 2 aliphatic rings. The zero-order chi connectivity index (χ0) is 21.1. The minimum absolute atomic E-state index is 0.0765. The number of rotatable bonds is 6. The Labute approximate surface area is 185 Å². The van der Waals surface area contributed by atoms with Crippen LogP contribution < -0.4 is 9.47 Å². The lowest BCUT2D eigenvalue weighted by Crippen LogP contribution is -2.45. The average Bonchev–Trinajstić information content (AvgIpc) is 2.81. The summed E-state index contributed by atoms with van der Waals surface area (Å²) in [5, 5.41) is 7.29. The second-order valence-corrected chi connectivity index (χ2v) is 8.12. The van der Waals surface area contributed by atoms with Gasteiger partial charge < -0.3 is 9.47 Å². The molecule has 2 aromatic carbocycles. The molecular formula is C24H25BrN2O3. The van der Waals surface area contributed by atoms with E-state index in [4.69, 9.17) is 14.6 Å². The summed E-state index contributed by atoms with van der Waals surface area (Å²) in [7, 11) is 3.25. The Morgan fingerprint density at radius 2 is 1.63 bits per heavy atom. The fourth-order valence-electron chi connectivity index (χ4n) is 4.12. The van der Waals surface area contributed by atoms with Gasteiger partial charge in [-0.1, -0.05) is 52.3 Å². The minimum Gasteiger partial charge on any atom is -0.493 e. The number of hydrogen-bond donors (Lipinski definition) is 0. The Morgan fingerprint density at radius 3 is 2.30 bits per heavy atom. The summed E-state index contributed by atoms with van der Waals surface area (Å²) in [6, 6.07) is 14.1. The molecular weight excluding hydrogens is 444 g/mol. The van der Waals surface area contributed by atoms with Crippen molar-refractivity contribution in [1.29, 1.82) is 0 Å². The van der Waals surface area contributed by atoms with Crippen molar-refractivity contribution in [2.75, 3.05) is 14.2 Å². The van der Waals surface area contributed by atoms with E-state index in [0.717, 1.165) is 35.0 Å². The van der Waals surface area contributed by atoms with Crippen LogP contribution in [0.2, 0.25) is 0 Å². The Bertz CT molecular complexity index is 984. The SMILES string of the molecule is COc1ccc(C2=NN(Cc3ccc(CBr)cc3)C(=O)C3CC=CCC23)cc1OC. The quantitative estimate of drug-likeness (QED) is 0.446. The van der Waals surface area contributed by atoms with E-state index in [1.807, 2.05) is 18.2 Å². The molecule has 1 heterocycles. The van der Waals surface area contributed by atoms with Gasteiger partial charge in [0.15, 0.2) is 11.5 Å². The van der Waals surface area contributed by atoms with Gasteiger partial charge >= 0.3 is 0 Å². The number of carbonyl (C=O) groups is 1. The van der Waals surface area contributed by atoms with Crippen molar-refractivity contribution in [3.8, 4) is 11.5 Å². The monoisotopic (exact) mass is 468 g/mol. The van der Waals surface area contributed by atoms with Crippen LogP contribution in [0.5, 0.6) is 11.5 Å². The van der Waals surface area contributed by atoms with Crippen LogP contribution in [0, 0.1) is 11.8 Å². The summed E-state index contributed by atoms with van der Waals surface area (Å²) >= 11 is 3.47. The fourth-order valence-corrected chi connectivity index (χ4v) is 4.50. The number of methoxy groups -OCH3 is 2. The Morgan fingerprint density at radius 1 is 0.967 bits per heavy atom.